The smallest absolute Gasteiger partial charge is 0.329 e. The quantitative estimate of drug-likeness (QED) is 0.467. The van der Waals surface area contributed by atoms with E-state index in [0.29, 0.717) is 12.8 Å². The molecular formula is C29H43NO4. The Bertz CT molecular complexity index is 875. The van der Waals surface area contributed by atoms with Gasteiger partial charge in [-0.1, -0.05) is 89.1 Å². The molecule has 0 aliphatic carbocycles. The van der Waals surface area contributed by atoms with E-state index < -0.39 is 18.1 Å². The molecule has 0 aromatic heterocycles. The first-order chi connectivity index (χ1) is 16.0. The average molecular weight is 470 g/mol. The van der Waals surface area contributed by atoms with Crippen LogP contribution >= 0.6 is 0 Å². The fourth-order valence-corrected chi connectivity index (χ4v) is 4.75. The number of esters is 1. The SMILES string of the molecule is CCC(C)C1OC(=O)C(Cc2ccccc2)NC(=O)C(C)C/C(C)=C\C(C)C(O)/C(C)=C\C1C. The lowest BCUT2D eigenvalue weighted by Gasteiger charge is -2.30. The van der Waals surface area contributed by atoms with Crippen LogP contribution in [0.3, 0.4) is 0 Å². The second-order valence-electron chi connectivity index (χ2n) is 10.2. The van der Waals surface area contributed by atoms with Crippen LogP contribution in [0.5, 0.6) is 0 Å². The van der Waals surface area contributed by atoms with Crippen LogP contribution in [0, 0.1) is 23.7 Å². The van der Waals surface area contributed by atoms with Crippen molar-refractivity contribution >= 4 is 11.9 Å². The number of ether oxygens (including phenoxy) is 1. The number of allylic oxidation sites excluding steroid dienone is 1. The molecule has 0 saturated carbocycles. The van der Waals surface area contributed by atoms with Gasteiger partial charge in [0, 0.05) is 24.2 Å². The van der Waals surface area contributed by atoms with E-state index in [9.17, 15) is 14.7 Å². The Hall–Kier alpha value is -2.40. The van der Waals surface area contributed by atoms with Gasteiger partial charge in [-0.25, -0.2) is 4.79 Å². The number of carbonyl (C=O) groups is 2. The van der Waals surface area contributed by atoms with Crippen LogP contribution < -0.4 is 5.32 Å². The third kappa shape index (κ3) is 7.83. The zero-order valence-electron chi connectivity index (χ0n) is 21.9. The maximum absolute atomic E-state index is 13.4. The monoisotopic (exact) mass is 469 g/mol. The minimum absolute atomic E-state index is 0.0806. The highest BCUT2D eigenvalue weighted by Crippen LogP contribution is 2.26. The molecule has 7 unspecified atom stereocenters. The number of aliphatic hydroxyl groups is 1. The number of aliphatic hydroxyl groups excluding tert-OH is 1. The molecule has 0 spiro atoms. The van der Waals surface area contributed by atoms with Crippen LogP contribution in [0.25, 0.3) is 0 Å². The molecule has 0 bridgehead atoms. The van der Waals surface area contributed by atoms with Crippen molar-refractivity contribution in [2.45, 2.75) is 86.0 Å². The third-order valence-electron chi connectivity index (χ3n) is 6.97. The zero-order valence-corrected chi connectivity index (χ0v) is 21.9. The molecule has 5 heteroatoms. The standard InChI is InChI=1S/C29H43NO4/c1-8-19(3)27-22(6)16-21(5)26(31)20(4)14-18(2)15-23(7)28(32)30-25(29(33)34-27)17-24-12-10-9-11-13-24/h9-14,16,19-20,22-23,25-27,31H,8,15,17H2,1-7H3,(H,30,32)/b18-14-,21-16-. The number of nitrogens with one attached hydrogen (secondary N) is 1. The maximum atomic E-state index is 13.4. The molecular weight excluding hydrogens is 426 g/mol. The summed E-state index contributed by atoms with van der Waals surface area (Å²) < 4.78 is 6.10. The molecule has 1 aromatic carbocycles. The summed E-state index contributed by atoms with van der Waals surface area (Å²) in [7, 11) is 0. The fraction of sp³-hybridized carbons (Fsp3) is 0.586. The summed E-state index contributed by atoms with van der Waals surface area (Å²) in [6.07, 6.45) is 4.87. The van der Waals surface area contributed by atoms with Crippen LogP contribution in [-0.4, -0.2) is 35.2 Å². The lowest BCUT2D eigenvalue weighted by atomic mass is 9.87. The number of benzene rings is 1. The molecule has 0 saturated heterocycles. The Morgan fingerprint density at radius 3 is 2.32 bits per heavy atom. The van der Waals surface area contributed by atoms with Crippen LogP contribution in [0.1, 0.15) is 66.9 Å². The Labute approximate surface area is 205 Å². The molecule has 2 N–H and O–H groups in total. The normalized spacial score (nSPS) is 33.8. The maximum Gasteiger partial charge on any atom is 0.329 e. The molecule has 7 atom stereocenters. The van der Waals surface area contributed by atoms with Gasteiger partial charge in [-0.15, -0.1) is 0 Å². The highest BCUT2D eigenvalue weighted by Gasteiger charge is 2.32. The molecule has 5 nitrogen and oxygen atoms in total. The van der Waals surface area contributed by atoms with E-state index in [-0.39, 0.29) is 35.7 Å². The second-order valence-corrected chi connectivity index (χ2v) is 10.2. The summed E-state index contributed by atoms with van der Waals surface area (Å²) in [5, 5.41) is 13.9. The Balaban J connectivity index is 2.46. The van der Waals surface area contributed by atoms with E-state index in [1.54, 1.807) is 0 Å². The van der Waals surface area contributed by atoms with Gasteiger partial charge in [0.15, 0.2) is 0 Å². The van der Waals surface area contributed by atoms with Gasteiger partial charge in [-0.2, -0.15) is 0 Å². The van der Waals surface area contributed by atoms with E-state index in [1.807, 2.05) is 77.1 Å². The minimum atomic E-state index is -0.764. The van der Waals surface area contributed by atoms with Crippen molar-refractivity contribution in [1.29, 1.82) is 0 Å². The van der Waals surface area contributed by atoms with Crippen molar-refractivity contribution in [3.05, 3.63) is 59.2 Å². The molecule has 1 aromatic rings. The molecule has 188 valence electrons. The molecule has 1 heterocycles. The van der Waals surface area contributed by atoms with Gasteiger partial charge >= 0.3 is 5.97 Å². The molecule has 34 heavy (non-hydrogen) atoms. The van der Waals surface area contributed by atoms with E-state index in [2.05, 4.69) is 19.2 Å². The molecule has 0 radical (unpaired) electrons. The summed E-state index contributed by atoms with van der Waals surface area (Å²) >= 11 is 0. The first-order valence-corrected chi connectivity index (χ1v) is 12.6. The Morgan fingerprint density at radius 2 is 1.71 bits per heavy atom. The molecule has 2 rings (SSSR count). The van der Waals surface area contributed by atoms with Crippen molar-refractivity contribution in [2.75, 3.05) is 0 Å². The second kappa shape index (κ2) is 12.9. The van der Waals surface area contributed by atoms with Gasteiger partial charge in [-0.3, -0.25) is 4.79 Å². The highest BCUT2D eigenvalue weighted by atomic mass is 16.5. The predicted octanol–water partition coefficient (Wildman–Crippen LogP) is 5.24. The van der Waals surface area contributed by atoms with Gasteiger partial charge in [0.1, 0.15) is 12.1 Å². The Morgan fingerprint density at radius 1 is 1.06 bits per heavy atom. The van der Waals surface area contributed by atoms with Crippen LogP contribution in [0.15, 0.2) is 53.6 Å². The van der Waals surface area contributed by atoms with Gasteiger partial charge < -0.3 is 15.2 Å². The van der Waals surface area contributed by atoms with Crippen molar-refractivity contribution in [3.63, 3.8) is 0 Å². The van der Waals surface area contributed by atoms with E-state index >= 15 is 0 Å². The first kappa shape index (κ1) is 27.8. The van der Waals surface area contributed by atoms with E-state index in [0.717, 1.165) is 23.1 Å². The van der Waals surface area contributed by atoms with Gasteiger partial charge in [-0.05, 0) is 37.3 Å². The van der Waals surface area contributed by atoms with Crippen molar-refractivity contribution in [2.24, 2.45) is 23.7 Å². The van der Waals surface area contributed by atoms with E-state index in [1.165, 1.54) is 0 Å². The van der Waals surface area contributed by atoms with Gasteiger partial charge in [0.25, 0.3) is 0 Å². The molecule has 1 aliphatic heterocycles. The lowest BCUT2D eigenvalue weighted by molar-refractivity contribution is -0.157. The van der Waals surface area contributed by atoms with Crippen LogP contribution in [-0.2, 0) is 20.7 Å². The zero-order chi connectivity index (χ0) is 25.4. The number of cyclic esters (lactones) is 1. The summed E-state index contributed by atoms with van der Waals surface area (Å²) in [4.78, 5) is 26.5. The number of hydrogen-bond acceptors (Lipinski definition) is 4. The Kier molecular flexibility index (Phi) is 10.6. The summed E-state index contributed by atoms with van der Waals surface area (Å²) in [5.74, 6) is -0.929. The van der Waals surface area contributed by atoms with Crippen molar-refractivity contribution in [1.82, 2.24) is 5.32 Å². The number of amides is 1. The minimum Gasteiger partial charge on any atom is -0.460 e. The largest absolute Gasteiger partial charge is 0.460 e. The predicted molar refractivity (Wildman–Crippen MR) is 137 cm³/mol. The summed E-state index contributed by atoms with van der Waals surface area (Å²) in [5.41, 5.74) is 2.88. The van der Waals surface area contributed by atoms with E-state index in [4.69, 9.17) is 4.74 Å². The van der Waals surface area contributed by atoms with Crippen LogP contribution in [0.4, 0.5) is 0 Å². The molecule has 1 aliphatic rings. The molecule has 1 amide bonds. The van der Waals surface area contributed by atoms with Crippen molar-refractivity contribution < 1.29 is 19.4 Å². The fourth-order valence-electron chi connectivity index (χ4n) is 4.75. The van der Waals surface area contributed by atoms with Gasteiger partial charge in [0.2, 0.25) is 5.91 Å². The van der Waals surface area contributed by atoms with Crippen LogP contribution in [0.2, 0.25) is 0 Å². The summed E-state index contributed by atoms with van der Waals surface area (Å²) in [6, 6.07) is 8.93. The first-order valence-electron chi connectivity index (χ1n) is 12.6. The van der Waals surface area contributed by atoms with Crippen molar-refractivity contribution in [3.8, 4) is 0 Å². The topological polar surface area (TPSA) is 75.6 Å². The number of carbonyl (C=O) groups excluding carboxylic acids is 2. The highest BCUT2D eigenvalue weighted by molar-refractivity contribution is 5.86. The average Bonchev–Trinajstić information content (AvgIpc) is 2.80. The van der Waals surface area contributed by atoms with Gasteiger partial charge in [0.05, 0.1) is 6.10 Å². The number of rotatable bonds is 4. The molecule has 0 fully saturated rings. The summed E-state index contributed by atoms with van der Waals surface area (Å²) in [6.45, 7) is 13.9. The third-order valence-corrected chi connectivity index (χ3v) is 6.97. The number of hydrogen-bond donors (Lipinski definition) is 2. The lowest BCUT2D eigenvalue weighted by Crippen LogP contribution is -2.47.